The molecule has 1 saturated heterocycles. The van der Waals surface area contributed by atoms with Crippen LogP contribution in [0.25, 0.3) is 0 Å². The Morgan fingerprint density at radius 2 is 1.75 bits per heavy atom. The van der Waals surface area contributed by atoms with Crippen molar-refractivity contribution in [3.63, 3.8) is 0 Å². The van der Waals surface area contributed by atoms with Gasteiger partial charge in [-0.15, -0.1) is 0 Å². The summed E-state index contributed by atoms with van der Waals surface area (Å²) >= 11 is 0. The number of unbranched alkanes of at least 4 members (excludes halogenated alkanes) is 3. The number of nitrogens with one attached hydrogen (secondary N) is 1. The summed E-state index contributed by atoms with van der Waals surface area (Å²) in [4.78, 5) is 28.4. The lowest BCUT2D eigenvalue weighted by Crippen LogP contribution is -2.49. The Morgan fingerprint density at radius 1 is 0.972 bits per heavy atom. The van der Waals surface area contributed by atoms with Crippen LogP contribution in [0, 0.1) is 5.92 Å². The lowest BCUT2D eigenvalue weighted by molar-refractivity contribution is 0.0388. The molecule has 1 aliphatic heterocycles. The second-order valence-corrected chi connectivity index (χ2v) is 10.1. The van der Waals surface area contributed by atoms with Crippen LogP contribution >= 0.6 is 0 Å². The second kappa shape index (κ2) is 12.8. The van der Waals surface area contributed by atoms with Crippen LogP contribution in [0.3, 0.4) is 0 Å². The fourth-order valence-electron chi connectivity index (χ4n) is 5.60. The summed E-state index contributed by atoms with van der Waals surface area (Å²) in [6, 6.07) is 12.8. The van der Waals surface area contributed by atoms with Crippen LogP contribution < -0.4 is 14.8 Å². The van der Waals surface area contributed by atoms with Crippen LogP contribution in [0.5, 0.6) is 11.5 Å². The van der Waals surface area contributed by atoms with Gasteiger partial charge in [0.15, 0.2) is 0 Å². The molecule has 2 amide bonds. The molecule has 2 fully saturated rings. The van der Waals surface area contributed by atoms with Crippen LogP contribution in [-0.2, 0) is 0 Å². The fraction of sp³-hybridized carbons (Fsp3) is 0.533. The number of carbonyl (C=O) groups excluding carboxylic acids is 2. The number of nitrogens with zero attached hydrogens (tertiary/aromatic N) is 1. The number of hydrogen-bond donors (Lipinski definition) is 1. The first-order chi connectivity index (χ1) is 17.6. The maximum Gasteiger partial charge on any atom is 0.257 e. The van der Waals surface area contributed by atoms with Crippen LogP contribution in [0.15, 0.2) is 42.5 Å². The minimum absolute atomic E-state index is 0.0339. The van der Waals surface area contributed by atoms with E-state index in [1.54, 1.807) is 37.4 Å². The number of ether oxygens (including phenoxy) is 2. The van der Waals surface area contributed by atoms with E-state index in [-0.39, 0.29) is 11.8 Å². The molecule has 2 aromatic rings. The van der Waals surface area contributed by atoms with E-state index in [1.807, 2.05) is 12.1 Å². The molecule has 2 aromatic carbocycles. The van der Waals surface area contributed by atoms with Gasteiger partial charge in [0, 0.05) is 29.9 Å². The second-order valence-electron chi connectivity index (χ2n) is 10.1. The van der Waals surface area contributed by atoms with Gasteiger partial charge in [0.05, 0.1) is 19.3 Å². The molecule has 194 valence electrons. The Bertz CT molecular complexity index is 1020. The maximum atomic E-state index is 13.5. The summed E-state index contributed by atoms with van der Waals surface area (Å²) in [7, 11) is 1.57. The predicted octanol–water partition coefficient (Wildman–Crippen LogP) is 6.70. The van der Waals surface area contributed by atoms with Crippen LogP contribution in [0.1, 0.15) is 91.8 Å². The van der Waals surface area contributed by atoms with Crippen molar-refractivity contribution in [2.75, 3.05) is 25.6 Å². The molecule has 1 heterocycles. The Kier molecular flexibility index (Phi) is 9.26. The average molecular weight is 493 g/mol. The van der Waals surface area contributed by atoms with Gasteiger partial charge in [0.2, 0.25) is 0 Å². The zero-order valence-corrected chi connectivity index (χ0v) is 21.8. The molecule has 1 N–H and O–H groups in total. The van der Waals surface area contributed by atoms with Gasteiger partial charge in [0.25, 0.3) is 11.8 Å². The van der Waals surface area contributed by atoms with Crippen molar-refractivity contribution in [1.29, 1.82) is 0 Å². The SMILES string of the molecule is CCCCCCOc1ccc(C(=O)Nc2ccc(C(=O)N3CCC[C@@H]4CCCC[C@@H]43)c(OC)c2)cc1. The Labute approximate surface area is 215 Å². The molecule has 6 heteroatoms. The fourth-order valence-corrected chi connectivity index (χ4v) is 5.60. The van der Waals surface area contributed by atoms with Gasteiger partial charge in [-0.3, -0.25) is 9.59 Å². The number of methoxy groups -OCH3 is 1. The van der Waals surface area contributed by atoms with E-state index in [4.69, 9.17) is 9.47 Å². The normalized spacial score (nSPS) is 19.3. The van der Waals surface area contributed by atoms with E-state index >= 15 is 0 Å². The number of anilines is 1. The third-order valence-corrected chi connectivity index (χ3v) is 7.58. The van der Waals surface area contributed by atoms with Crippen molar-refractivity contribution >= 4 is 17.5 Å². The van der Waals surface area contributed by atoms with E-state index in [0.717, 1.165) is 31.6 Å². The molecule has 0 radical (unpaired) electrons. The third-order valence-electron chi connectivity index (χ3n) is 7.58. The quantitative estimate of drug-likeness (QED) is 0.375. The summed E-state index contributed by atoms with van der Waals surface area (Å²) in [5, 5.41) is 2.93. The number of rotatable bonds is 10. The maximum absolute atomic E-state index is 13.5. The van der Waals surface area contributed by atoms with Gasteiger partial charge in [0.1, 0.15) is 11.5 Å². The molecular formula is C30H40N2O4. The first-order valence-electron chi connectivity index (χ1n) is 13.6. The standard InChI is InChI=1S/C30H40N2O4/c1-3-4-5-8-20-36-25-16-13-23(14-17-25)29(33)31-24-15-18-26(28(21-24)35-2)30(34)32-19-9-11-22-10-6-7-12-27(22)32/h13-18,21-22,27H,3-12,19-20H2,1-2H3,(H,31,33)/t22-,27-/m0/s1. The molecule has 2 atom stereocenters. The van der Waals surface area contributed by atoms with E-state index in [0.29, 0.717) is 41.1 Å². The van der Waals surface area contributed by atoms with Crippen molar-refractivity contribution < 1.29 is 19.1 Å². The van der Waals surface area contributed by atoms with Crippen molar-refractivity contribution in [2.45, 2.75) is 77.2 Å². The molecule has 0 unspecified atom stereocenters. The van der Waals surface area contributed by atoms with Gasteiger partial charge in [-0.25, -0.2) is 0 Å². The predicted molar refractivity (Wildman–Crippen MR) is 143 cm³/mol. The van der Waals surface area contributed by atoms with Crippen molar-refractivity contribution in [3.05, 3.63) is 53.6 Å². The highest BCUT2D eigenvalue weighted by Crippen LogP contribution is 2.37. The molecule has 4 rings (SSSR count). The molecule has 0 spiro atoms. The van der Waals surface area contributed by atoms with E-state index < -0.39 is 0 Å². The van der Waals surface area contributed by atoms with Gasteiger partial charge in [-0.05, 0) is 74.4 Å². The molecular weight excluding hydrogens is 452 g/mol. The van der Waals surface area contributed by atoms with Gasteiger partial charge >= 0.3 is 0 Å². The van der Waals surface area contributed by atoms with Crippen molar-refractivity contribution in [3.8, 4) is 11.5 Å². The van der Waals surface area contributed by atoms with E-state index in [9.17, 15) is 9.59 Å². The Balaban J connectivity index is 1.38. The van der Waals surface area contributed by atoms with Gasteiger partial charge < -0.3 is 19.7 Å². The van der Waals surface area contributed by atoms with Gasteiger partial charge in [-0.1, -0.05) is 39.0 Å². The minimum Gasteiger partial charge on any atom is -0.496 e. The third kappa shape index (κ3) is 6.40. The van der Waals surface area contributed by atoms with Crippen LogP contribution in [-0.4, -0.2) is 43.0 Å². The first-order valence-corrected chi connectivity index (χ1v) is 13.6. The molecule has 2 aliphatic rings. The highest BCUT2D eigenvalue weighted by Gasteiger charge is 2.36. The van der Waals surface area contributed by atoms with E-state index in [2.05, 4.69) is 17.1 Å². The van der Waals surface area contributed by atoms with Gasteiger partial charge in [-0.2, -0.15) is 0 Å². The number of likely N-dealkylation sites (tertiary alicyclic amines) is 1. The number of piperidine rings is 1. The summed E-state index contributed by atoms with van der Waals surface area (Å²) in [6.45, 7) is 3.69. The first kappa shape index (κ1) is 26.1. The number of amides is 2. The number of carbonyl (C=O) groups is 2. The zero-order chi connectivity index (χ0) is 25.3. The highest BCUT2D eigenvalue weighted by atomic mass is 16.5. The lowest BCUT2D eigenvalue weighted by Gasteiger charge is -2.44. The average Bonchev–Trinajstić information content (AvgIpc) is 2.92. The summed E-state index contributed by atoms with van der Waals surface area (Å²) in [6.07, 6.45) is 11.7. The molecule has 36 heavy (non-hydrogen) atoms. The van der Waals surface area contributed by atoms with Crippen molar-refractivity contribution in [1.82, 2.24) is 4.90 Å². The largest absolute Gasteiger partial charge is 0.496 e. The summed E-state index contributed by atoms with van der Waals surface area (Å²) in [5.74, 6) is 1.70. The Hall–Kier alpha value is -3.02. The summed E-state index contributed by atoms with van der Waals surface area (Å²) < 4.78 is 11.4. The highest BCUT2D eigenvalue weighted by molar-refractivity contribution is 6.05. The Morgan fingerprint density at radius 3 is 2.53 bits per heavy atom. The lowest BCUT2D eigenvalue weighted by atomic mass is 9.78. The smallest absolute Gasteiger partial charge is 0.257 e. The molecule has 0 bridgehead atoms. The number of fused-ring (bicyclic) bond motifs is 1. The zero-order valence-electron chi connectivity index (χ0n) is 21.8. The monoisotopic (exact) mass is 492 g/mol. The van der Waals surface area contributed by atoms with Crippen LogP contribution in [0.2, 0.25) is 0 Å². The van der Waals surface area contributed by atoms with E-state index in [1.165, 1.54) is 44.9 Å². The topological polar surface area (TPSA) is 67.9 Å². The molecule has 1 saturated carbocycles. The molecule has 6 nitrogen and oxygen atoms in total. The molecule has 0 aromatic heterocycles. The minimum atomic E-state index is -0.216. The van der Waals surface area contributed by atoms with Crippen molar-refractivity contribution in [2.24, 2.45) is 5.92 Å². The summed E-state index contributed by atoms with van der Waals surface area (Å²) in [5.41, 5.74) is 1.70. The molecule has 1 aliphatic carbocycles. The number of benzene rings is 2. The van der Waals surface area contributed by atoms with Crippen LogP contribution in [0.4, 0.5) is 5.69 Å². The number of hydrogen-bond acceptors (Lipinski definition) is 4.